The molecule has 38 heteroatoms. The minimum atomic E-state index is -0.987. The molecule has 0 amide bonds. The summed E-state index contributed by atoms with van der Waals surface area (Å²) >= 11 is 10.1. The first-order valence-electron chi connectivity index (χ1n) is 32.5. The molecule has 0 saturated heterocycles. The van der Waals surface area contributed by atoms with E-state index in [-0.39, 0.29) is 99.3 Å². The number of rotatable bonds is 15. The Morgan fingerprint density at radius 1 is 0.349 bits per heavy atom. The number of imidazole rings is 4. The van der Waals surface area contributed by atoms with Crippen molar-refractivity contribution in [3.63, 3.8) is 0 Å². The summed E-state index contributed by atoms with van der Waals surface area (Å²) in [6, 6.07) is 42.8. The molecule has 8 aromatic heterocycles. The molecule has 29 nitrogen and oxygen atoms in total. The van der Waals surface area contributed by atoms with Crippen molar-refractivity contribution in [2.45, 2.75) is 40.5 Å². The van der Waals surface area contributed by atoms with Gasteiger partial charge in [-0.25, -0.2) is 46.3 Å². The summed E-state index contributed by atoms with van der Waals surface area (Å²) in [5, 5.41) is 12.2. The largest absolute Gasteiger partial charge is 0.497 e. The Kier molecular flexibility index (Phi) is 21.7. The molecule has 0 spiro atoms. The molecule has 0 aliphatic carbocycles. The van der Waals surface area contributed by atoms with Gasteiger partial charge in [-0.2, -0.15) is 59.8 Å². The molecule has 0 radical (unpaired) electrons. The molecule has 550 valence electrons. The van der Waals surface area contributed by atoms with Gasteiger partial charge in [-0.05, 0) is 135 Å². The topological polar surface area (TPSA) is 387 Å². The third kappa shape index (κ3) is 16.9. The Morgan fingerprint density at radius 3 is 1.16 bits per heavy atom. The van der Waals surface area contributed by atoms with Gasteiger partial charge >= 0.3 is 0 Å². The Bertz CT molecular complexity index is 6050. The number of nitrogens with one attached hydrogen (secondary N) is 4. The highest BCUT2D eigenvalue weighted by molar-refractivity contribution is 9.11. The van der Waals surface area contributed by atoms with E-state index in [1.165, 1.54) is 33.4 Å². The quantitative estimate of drug-likeness (QED) is 0.0442. The predicted octanol–water partition coefficient (Wildman–Crippen LogP) is 15.0. The summed E-state index contributed by atoms with van der Waals surface area (Å²) in [6.07, 6.45) is 1.03. The first-order chi connectivity index (χ1) is 52.4. The number of fused-ring (bicyclic) bond motifs is 4. The van der Waals surface area contributed by atoms with Gasteiger partial charge < -0.3 is 48.9 Å². The van der Waals surface area contributed by atoms with Crippen LogP contribution in [0.5, 0.6) is 5.75 Å². The zero-order chi connectivity index (χ0) is 76.9. The van der Waals surface area contributed by atoms with Gasteiger partial charge in [0.2, 0.25) is 71.4 Å². The monoisotopic (exact) mass is 1670 g/mol. The van der Waals surface area contributed by atoms with Crippen molar-refractivity contribution < 1.29 is 31.1 Å². The third-order valence-corrected chi connectivity index (χ3v) is 17.3. The van der Waals surface area contributed by atoms with E-state index in [1.54, 1.807) is 48.3 Å². The van der Waals surface area contributed by atoms with Crippen molar-refractivity contribution in [3.05, 3.63) is 229 Å². The first-order valence-corrected chi connectivity index (χ1v) is 34.9. The van der Waals surface area contributed by atoms with Crippen LogP contribution in [-0.2, 0) is 12.8 Å². The van der Waals surface area contributed by atoms with Gasteiger partial charge in [-0.1, -0.05) is 67.7 Å². The summed E-state index contributed by atoms with van der Waals surface area (Å²) in [6.45, 7) is 7.24. The second-order valence-electron chi connectivity index (χ2n) is 23.2. The number of benzene rings is 8. The van der Waals surface area contributed by atoms with Crippen LogP contribution in [0.1, 0.15) is 37.1 Å². The molecule has 109 heavy (non-hydrogen) atoms. The zero-order valence-corrected chi connectivity index (χ0v) is 62.2. The molecule has 0 unspecified atom stereocenters. The van der Waals surface area contributed by atoms with Crippen LogP contribution in [0.4, 0.5) is 96.7 Å². The average molecular weight is 1670 g/mol. The molecule has 0 fully saturated rings. The van der Waals surface area contributed by atoms with Gasteiger partial charge in [0, 0.05) is 79.3 Å². The van der Waals surface area contributed by atoms with Gasteiger partial charge in [0.1, 0.15) is 51.7 Å². The molecule has 0 saturated carbocycles. The van der Waals surface area contributed by atoms with E-state index in [9.17, 15) is 26.3 Å². The number of aromatic nitrogens is 20. The van der Waals surface area contributed by atoms with E-state index < -0.39 is 29.1 Å². The lowest BCUT2D eigenvalue weighted by Gasteiger charge is -2.10. The van der Waals surface area contributed by atoms with Crippen LogP contribution >= 0.6 is 47.8 Å². The fraction of sp³-hybridized carbons (Fsp3) is 0.0986. The number of anilines is 12. The Hall–Kier alpha value is -13.1. The SMILES string of the molecule is CCc1nc2c(F)cc(F)cc2n1-c1nc(N)nc(Nc2ccc(Br)cc2)n1.CCc1nc2c(F)cccc2n1-c1nc(N)nc(Nc2ccc(OC)cc2)n1.Cc1nc2cc(F)c(F)cc2n1-c1nc(N)nc(Nc2ccc(Br)cc2)n1.Cc1nc2ccc(F)cc2n1-c1nc(N)nc(Nc2ccc(Br)cc2)n1. The molecule has 0 bridgehead atoms. The number of nitrogen functional groups attached to an aromatic ring is 4. The molecule has 12 N–H and O–H groups in total. The van der Waals surface area contributed by atoms with E-state index in [4.69, 9.17) is 27.7 Å². The lowest BCUT2D eigenvalue weighted by atomic mass is 10.3. The summed E-state index contributed by atoms with van der Waals surface area (Å²) < 4.78 is 97.3. The second-order valence-corrected chi connectivity index (χ2v) is 25.9. The molecule has 16 rings (SSSR count). The van der Waals surface area contributed by atoms with Crippen LogP contribution in [0.3, 0.4) is 0 Å². The highest BCUT2D eigenvalue weighted by Crippen LogP contribution is 2.31. The Morgan fingerprint density at radius 2 is 0.725 bits per heavy atom. The summed E-state index contributed by atoms with van der Waals surface area (Å²) in [5.74, 6) is 0.514. The number of ether oxygens (including phenoxy) is 1. The van der Waals surface area contributed by atoms with Gasteiger partial charge in [-0.3, -0.25) is 18.3 Å². The number of hydrogen-bond donors (Lipinski definition) is 8. The van der Waals surface area contributed by atoms with Gasteiger partial charge in [0.05, 0.1) is 40.2 Å². The zero-order valence-electron chi connectivity index (χ0n) is 57.5. The van der Waals surface area contributed by atoms with Gasteiger partial charge in [0.15, 0.2) is 23.3 Å². The molecule has 0 atom stereocenters. The van der Waals surface area contributed by atoms with Crippen LogP contribution in [-0.4, -0.2) is 105 Å². The molecule has 8 heterocycles. The maximum absolute atomic E-state index is 14.2. The first kappa shape index (κ1) is 74.2. The fourth-order valence-electron chi connectivity index (χ4n) is 11.0. The van der Waals surface area contributed by atoms with Crippen LogP contribution in [0.15, 0.2) is 171 Å². The van der Waals surface area contributed by atoms with E-state index >= 15 is 0 Å². The molecule has 16 aromatic rings. The number of halogens is 9. The van der Waals surface area contributed by atoms with Gasteiger partial charge in [0.25, 0.3) is 0 Å². The van der Waals surface area contributed by atoms with Crippen molar-refractivity contribution in [2.75, 3.05) is 51.3 Å². The highest BCUT2D eigenvalue weighted by Gasteiger charge is 2.23. The lowest BCUT2D eigenvalue weighted by molar-refractivity contribution is 0.415. The van der Waals surface area contributed by atoms with Crippen LogP contribution in [0, 0.1) is 48.8 Å². The maximum atomic E-state index is 14.2. The maximum Gasteiger partial charge on any atom is 0.242 e. The number of para-hydroxylation sites is 1. The molecule has 0 aliphatic rings. The van der Waals surface area contributed by atoms with Crippen molar-refractivity contribution >= 4 is 162 Å². The van der Waals surface area contributed by atoms with Crippen molar-refractivity contribution in [1.82, 2.24) is 98.0 Å². The number of methoxy groups -OCH3 is 1. The molecule has 8 aromatic carbocycles. The van der Waals surface area contributed by atoms with Gasteiger partial charge in [-0.15, -0.1) is 0 Å². The summed E-state index contributed by atoms with van der Waals surface area (Å²) in [5.41, 5.74) is 29.4. The van der Waals surface area contributed by atoms with Crippen LogP contribution in [0.25, 0.3) is 67.9 Å². The lowest BCUT2D eigenvalue weighted by Crippen LogP contribution is -2.11. The van der Waals surface area contributed by atoms with E-state index in [2.05, 4.69) is 149 Å². The number of nitrogens with zero attached hydrogens (tertiary/aromatic N) is 20. The Balaban J connectivity index is 0.000000128. The molecular formula is C71H57Br3F6N28O. The minimum Gasteiger partial charge on any atom is -0.497 e. The second kappa shape index (κ2) is 31.9. The number of aryl methyl sites for hydroxylation is 4. The van der Waals surface area contributed by atoms with Crippen molar-refractivity contribution in [1.29, 1.82) is 0 Å². The summed E-state index contributed by atoms with van der Waals surface area (Å²) in [4.78, 5) is 67.9. The number of hydrogen-bond acceptors (Lipinski definition) is 25. The van der Waals surface area contributed by atoms with E-state index in [1.807, 2.05) is 111 Å². The standard InChI is InChI=1S/C19H18FN7O.C18H14BrF2N7.C17H12BrF2N7.C17H13BrFN7/c1-3-15-23-16-13(20)5-4-6-14(16)27(15)19-25-17(21)24-18(26-19)22-11-7-9-12(28-2)10-8-11;1-2-14-24-15-12(21)7-10(20)8-13(15)28(14)18-26-16(22)25-17(27-18)23-11-5-3-9(19)4-6-11;1-8-22-13-6-11(19)12(20)7-14(13)27(8)17-25-15(21)24-16(26-17)23-10-4-2-9(18)3-5-10;1-9-21-13-7-4-11(19)8-14(13)26(9)17-24-15(20)23-16(25-17)22-12-5-2-10(18)3-6-12/h4-10H,3H2,1-2H3,(H3,21,22,24,25,26);3-8H,2H2,1H3,(H3,22,23,25,26,27);2-7H,1H3,(H3,21,23,24,25,26);2-8H,1H3,(H3,20,22,23,24,25). The smallest absolute Gasteiger partial charge is 0.242 e. The van der Waals surface area contributed by atoms with E-state index in [0.717, 1.165) is 60.1 Å². The highest BCUT2D eigenvalue weighted by atomic mass is 79.9. The van der Waals surface area contributed by atoms with Crippen molar-refractivity contribution in [2.24, 2.45) is 0 Å². The fourth-order valence-corrected chi connectivity index (χ4v) is 11.8. The molecular weight excluding hydrogens is 1610 g/mol. The normalized spacial score (nSPS) is 11.1. The third-order valence-electron chi connectivity index (χ3n) is 15.7. The average Bonchev–Trinajstić information content (AvgIpc) is 1.67. The Labute approximate surface area is 638 Å². The van der Waals surface area contributed by atoms with E-state index in [0.29, 0.717) is 58.2 Å². The molecule has 0 aliphatic heterocycles. The predicted molar refractivity (Wildman–Crippen MR) is 412 cm³/mol. The van der Waals surface area contributed by atoms with Crippen molar-refractivity contribution in [3.8, 4) is 29.5 Å². The van der Waals surface area contributed by atoms with Crippen LogP contribution < -0.4 is 48.9 Å². The summed E-state index contributed by atoms with van der Waals surface area (Å²) in [7, 11) is 1.60. The number of nitrogens with two attached hydrogens (primary N) is 4. The van der Waals surface area contributed by atoms with Crippen LogP contribution in [0.2, 0.25) is 0 Å². The minimum absolute atomic E-state index is 0.0246.